The molecule has 0 aliphatic carbocycles. The Morgan fingerprint density at radius 1 is 1.32 bits per heavy atom. The molecular weight excluding hydrogens is 331 g/mol. The normalized spacial score (nSPS) is 12.1. The summed E-state index contributed by atoms with van der Waals surface area (Å²) in [5.41, 5.74) is 0.180. The molecule has 1 rings (SSSR count). The van der Waals surface area contributed by atoms with Crippen LogP contribution in [-0.4, -0.2) is 29.8 Å². The smallest absolute Gasteiger partial charge is 0.253 e. The molecule has 2 amide bonds. The highest BCUT2D eigenvalue weighted by Crippen LogP contribution is 2.20. The Balaban J connectivity index is 2.53. The fourth-order valence-electron chi connectivity index (χ4n) is 1.71. The van der Waals surface area contributed by atoms with Crippen LogP contribution in [0.4, 0.5) is 0 Å². The quantitative estimate of drug-likeness (QED) is 0.401. The highest BCUT2D eigenvalue weighted by molar-refractivity contribution is 6.35. The average Bonchev–Trinajstić information content (AvgIpc) is 2.46. The lowest BCUT2D eigenvalue weighted by Gasteiger charge is -2.17. The van der Waals surface area contributed by atoms with Crippen molar-refractivity contribution in [2.24, 2.45) is 5.92 Å². The number of rotatable bonds is 7. The van der Waals surface area contributed by atoms with Crippen molar-refractivity contribution in [1.29, 1.82) is 0 Å². The Morgan fingerprint density at radius 2 is 2.00 bits per heavy atom. The minimum atomic E-state index is -0.820. The molecule has 0 spiro atoms. The Kier molecular flexibility index (Phi) is 7.61. The second-order valence-electron chi connectivity index (χ2n) is 5.10. The zero-order chi connectivity index (χ0) is 16.7. The first kappa shape index (κ1) is 18.7. The lowest BCUT2D eigenvalue weighted by Crippen LogP contribution is -2.43. The second-order valence-corrected chi connectivity index (χ2v) is 5.94. The average molecular weight is 349 g/mol. The molecule has 0 saturated carbocycles. The molecule has 22 heavy (non-hydrogen) atoms. The summed E-state index contributed by atoms with van der Waals surface area (Å²) >= 11 is 11.7. The summed E-state index contributed by atoms with van der Waals surface area (Å²) in [4.78, 5) is 27.8. The molecule has 6 nitrogen and oxygen atoms in total. The molecular formula is C14H18Cl2N2O4. The number of hydrogen-bond acceptors (Lipinski definition) is 4. The van der Waals surface area contributed by atoms with Crippen molar-refractivity contribution < 1.29 is 19.7 Å². The summed E-state index contributed by atoms with van der Waals surface area (Å²) < 4.78 is 0. The molecule has 0 fully saturated rings. The minimum Gasteiger partial charge on any atom is -0.343 e. The van der Waals surface area contributed by atoms with Gasteiger partial charge in [-0.25, -0.2) is 10.1 Å². The predicted octanol–water partition coefficient (Wildman–Crippen LogP) is 2.70. The van der Waals surface area contributed by atoms with Crippen LogP contribution < -0.4 is 10.6 Å². The van der Waals surface area contributed by atoms with Gasteiger partial charge in [-0.15, -0.1) is 0 Å². The van der Waals surface area contributed by atoms with Crippen molar-refractivity contribution in [1.82, 2.24) is 10.6 Å². The highest BCUT2D eigenvalue weighted by Gasteiger charge is 2.16. The Morgan fingerprint density at radius 3 is 2.59 bits per heavy atom. The van der Waals surface area contributed by atoms with Crippen molar-refractivity contribution in [3.8, 4) is 0 Å². The van der Waals surface area contributed by atoms with E-state index in [1.165, 1.54) is 12.1 Å². The van der Waals surface area contributed by atoms with Gasteiger partial charge in [-0.1, -0.05) is 37.0 Å². The number of benzene rings is 1. The molecule has 1 aromatic carbocycles. The summed E-state index contributed by atoms with van der Waals surface area (Å²) in [6, 6.07) is 4.47. The van der Waals surface area contributed by atoms with Crippen LogP contribution in [-0.2, 0) is 9.68 Å². The van der Waals surface area contributed by atoms with Crippen molar-refractivity contribution in [2.75, 3.05) is 6.54 Å². The molecule has 0 aliphatic heterocycles. The van der Waals surface area contributed by atoms with Gasteiger partial charge in [0.25, 0.3) is 5.91 Å². The van der Waals surface area contributed by atoms with Gasteiger partial charge in [-0.3, -0.25) is 9.59 Å². The number of amides is 2. The van der Waals surface area contributed by atoms with E-state index >= 15 is 0 Å². The van der Waals surface area contributed by atoms with Crippen LogP contribution >= 0.6 is 23.2 Å². The highest BCUT2D eigenvalue weighted by atomic mass is 35.5. The standard InChI is InChI=1S/C14H18Cl2N2O4/c1-8(2)5-13(22-21)18-12(19)7-17-14(20)10-6-9(15)3-4-11(10)16/h3-4,6,8,13,21H,5,7H2,1-2H3,(H,17,20)(H,18,19)/t13-/m1/s1. The summed E-state index contributed by atoms with van der Waals surface area (Å²) in [5.74, 6) is -0.795. The number of carbonyl (C=O) groups excluding carboxylic acids is 2. The van der Waals surface area contributed by atoms with Crippen molar-refractivity contribution in [3.05, 3.63) is 33.8 Å². The van der Waals surface area contributed by atoms with Gasteiger partial charge in [0.05, 0.1) is 17.1 Å². The third-order valence-electron chi connectivity index (χ3n) is 2.72. The van der Waals surface area contributed by atoms with E-state index in [9.17, 15) is 9.59 Å². The molecule has 8 heteroatoms. The topological polar surface area (TPSA) is 87.7 Å². The van der Waals surface area contributed by atoms with Crippen LogP contribution in [0.15, 0.2) is 18.2 Å². The molecule has 0 heterocycles. The monoisotopic (exact) mass is 348 g/mol. The summed E-state index contributed by atoms with van der Waals surface area (Å²) in [6.07, 6.45) is -0.379. The molecule has 0 aromatic heterocycles. The maximum atomic E-state index is 11.9. The van der Waals surface area contributed by atoms with Gasteiger partial charge in [0.1, 0.15) is 0 Å². The SMILES string of the molecule is CC(C)C[C@H](NC(=O)CNC(=O)c1cc(Cl)ccc1Cl)OO. The summed E-state index contributed by atoms with van der Waals surface area (Å²) in [5, 5.41) is 14.2. The first-order valence-corrected chi connectivity index (χ1v) is 7.42. The van der Waals surface area contributed by atoms with E-state index in [0.717, 1.165) is 0 Å². The van der Waals surface area contributed by atoms with Gasteiger partial charge in [0.2, 0.25) is 5.91 Å². The van der Waals surface area contributed by atoms with Crippen LogP contribution in [0.25, 0.3) is 0 Å². The second kappa shape index (κ2) is 8.95. The minimum absolute atomic E-state index is 0.180. The van der Waals surface area contributed by atoms with E-state index in [2.05, 4.69) is 15.5 Å². The lowest BCUT2D eigenvalue weighted by atomic mass is 10.1. The van der Waals surface area contributed by atoms with Crippen molar-refractivity contribution in [2.45, 2.75) is 26.5 Å². The molecule has 1 aromatic rings. The van der Waals surface area contributed by atoms with Crippen LogP contribution in [0.5, 0.6) is 0 Å². The van der Waals surface area contributed by atoms with E-state index in [0.29, 0.717) is 11.4 Å². The first-order valence-electron chi connectivity index (χ1n) is 6.66. The molecule has 1 atom stereocenters. The van der Waals surface area contributed by atoms with E-state index in [1.54, 1.807) is 6.07 Å². The maximum Gasteiger partial charge on any atom is 0.253 e. The van der Waals surface area contributed by atoms with Gasteiger partial charge in [0.15, 0.2) is 6.23 Å². The number of nitrogens with one attached hydrogen (secondary N) is 2. The third kappa shape index (κ3) is 6.19. The van der Waals surface area contributed by atoms with E-state index < -0.39 is 18.0 Å². The zero-order valence-electron chi connectivity index (χ0n) is 12.2. The largest absolute Gasteiger partial charge is 0.343 e. The molecule has 0 bridgehead atoms. The van der Waals surface area contributed by atoms with E-state index in [1.807, 2.05) is 13.8 Å². The van der Waals surface area contributed by atoms with Gasteiger partial charge >= 0.3 is 0 Å². The van der Waals surface area contributed by atoms with Gasteiger partial charge < -0.3 is 10.6 Å². The molecule has 0 aliphatic rings. The number of halogens is 2. The molecule has 0 saturated heterocycles. The Hall–Kier alpha value is -1.34. The third-order valence-corrected chi connectivity index (χ3v) is 3.28. The fraction of sp³-hybridized carbons (Fsp3) is 0.429. The molecule has 0 unspecified atom stereocenters. The molecule has 0 radical (unpaired) electrons. The maximum absolute atomic E-state index is 11.9. The summed E-state index contributed by atoms with van der Waals surface area (Å²) in [6.45, 7) is 3.56. The van der Waals surface area contributed by atoms with Crippen LogP contribution in [0.3, 0.4) is 0 Å². The lowest BCUT2D eigenvalue weighted by molar-refractivity contribution is -0.287. The number of hydrogen-bond donors (Lipinski definition) is 3. The molecule has 122 valence electrons. The fourth-order valence-corrected chi connectivity index (χ4v) is 2.09. The number of carbonyl (C=O) groups is 2. The van der Waals surface area contributed by atoms with Gasteiger partial charge in [-0.05, 0) is 30.5 Å². The summed E-state index contributed by atoms with van der Waals surface area (Å²) in [7, 11) is 0. The zero-order valence-corrected chi connectivity index (χ0v) is 13.7. The van der Waals surface area contributed by atoms with Gasteiger partial charge in [0, 0.05) is 5.02 Å². The Bertz CT molecular complexity index is 538. The Labute approximate surface area is 138 Å². The van der Waals surface area contributed by atoms with Crippen molar-refractivity contribution >= 4 is 35.0 Å². The van der Waals surface area contributed by atoms with E-state index in [-0.39, 0.29) is 23.0 Å². The van der Waals surface area contributed by atoms with Gasteiger partial charge in [-0.2, -0.15) is 0 Å². The van der Waals surface area contributed by atoms with Crippen molar-refractivity contribution in [3.63, 3.8) is 0 Å². The van der Waals surface area contributed by atoms with Crippen LogP contribution in [0.1, 0.15) is 30.6 Å². The first-order chi connectivity index (χ1) is 10.3. The van der Waals surface area contributed by atoms with E-state index in [4.69, 9.17) is 28.5 Å². The molecule has 3 N–H and O–H groups in total. The van der Waals surface area contributed by atoms with Crippen LogP contribution in [0, 0.1) is 5.92 Å². The van der Waals surface area contributed by atoms with Crippen LogP contribution in [0.2, 0.25) is 10.0 Å². The predicted molar refractivity (Wildman–Crippen MR) is 83.9 cm³/mol.